The summed E-state index contributed by atoms with van der Waals surface area (Å²) >= 11 is 0. The number of esters is 1. The quantitative estimate of drug-likeness (QED) is 0.547. The highest BCUT2D eigenvalue weighted by Crippen LogP contribution is 2.29. The number of carbonyl (C=O) groups excluding carboxylic acids is 1. The van der Waals surface area contributed by atoms with Gasteiger partial charge in [0.05, 0.1) is 7.11 Å². The van der Waals surface area contributed by atoms with Crippen molar-refractivity contribution >= 4 is 16.9 Å². The first-order chi connectivity index (χ1) is 11.2. The molecule has 3 rings (SSSR count). The summed E-state index contributed by atoms with van der Waals surface area (Å²) in [4.78, 5) is 22.9. The number of hydrogen-bond donors (Lipinski definition) is 0. The summed E-state index contributed by atoms with van der Waals surface area (Å²) in [6.07, 6.45) is 0. The van der Waals surface area contributed by atoms with Crippen LogP contribution in [0.15, 0.2) is 63.8 Å². The normalized spacial score (nSPS) is 10.5. The summed E-state index contributed by atoms with van der Waals surface area (Å²) in [7, 11) is 1.29. The molecule has 0 radical (unpaired) electrons. The van der Waals surface area contributed by atoms with Crippen molar-refractivity contribution in [2.24, 2.45) is 0 Å². The Morgan fingerprint density at radius 1 is 1.09 bits per heavy atom. The second kappa shape index (κ2) is 6.36. The summed E-state index contributed by atoms with van der Waals surface area (Å²) < 4.78 is 15.1. The summed E-state index contributed by atoms with van der Waals surface area (Å²) in [5.74, 6) is -0.0548. The van der Waals surface area contributed by atoms with Crippen LogP contribution in [0.4, 0.5) is 0 Å². The highest BCUT2D eigenvalue weighted by atomic mass is 16.6. The van der Waals surface area contributed by atoms with E-state index in [1.165, 1.54) is 13.2 Å². The minimum atomic E-state index is -0.482. The number of rotatable bonds is 4. The van der Waals surface area contributed by atoms with Crippen LogP contribution >= 0.6 is 0 Å². The lowest BCUT2D eigenvalue weighted by Crippen LogP contribution is -2.12. The van der Waals surface area contributed by atoms with Crippen molar-refractivity contribution in [2.45, 2.75) is 0 Å². The summed E-state index contributed by atoms with van der Waals surface area (Å²) in [5.41, 5.74) is 1.67. The van der Waals surface area contributed by atoms with E-state index in [-0.39, 0.29) is 6.61 Å². The van der Waals surface area contributed by atoms with Gasteiger partial charge >= 0.3 is 11.6 Å². The fraction of sp³-hybridized carbons (Fsp3) is 0.111. The Morgan fingerprint density at radius 2 is 1.87 bits per heavy atom. The van der Waals surface area contributed by atoms with Gasteiger partial charge in [0.15, 0.2) is 6.61 Å². The fourth-order valence-electron chi connectivity index (χ4n) is 2.29. The molecule has 23 heavy (non-hydrogen) atoms. The molecule has 116 valence electrons. The fourth-order valence-corrected chi connectivity index (χ4v) is 2.29. The molecule has 0 amide bonds. The zero-order valence-corrected chi connectivity index (χ0v) is 12.4. The zero-order chi connectivity index (χ0) is 16.2. The van der Waals surface area contributed by atoms with E-state index in [1.807, 2.05) is 30.3 Å². The summed E-state index contributed by atoms with van der Waals surface area (Å²) in [6.45, 7) is -0.204. The minimum absolute atomic E-state index is 0.204. The molecule has 1 heterocycles. The van der Waals surface area contributed by atoms with E-state index in [1.54, 1.807) is 18.2 Å². The molecule has 5 nitrogen and oxygen atoms in total. The van der Waals surface area contributed by atoms with Crippen molar-refractivity contribution in [1.29, 1.82) is 0 Å². The Labute approximate surface area is 132 Å². The number of fused-ring (bicyclic) bond motifs is 1. The van der Waals surface area contributed by atoms with Crippen LogP contribution in [-0.2, 0) is 9.53 Å². The third kappa shape index (κ3) is 3.23. The second-order valence-electron chi connectivity index (χ2n) is 4.87. The van der Waals surface area contributed by atoms with Crippen LogP contribution in [0.5, 0.6) is 5.75 Å². The number of hydrogen-bond acceptors (Lipinski definition) is 5. The minimum Gasteiger partial charge on any atom is -0.482 e. The van der Waals surface area contributed by atoms with Gasteiger partial charge in [-0.15, -0.1) is 0 Å². The first-order valence-corrected chi connectivity index (χ1v) is 7.00. The van der Waals surface area contributed by atoms with Crippen molar-refractivity contribution in [3.8, 4) is 16.9 Å². The average Bonchev–Trinajstić information content (AvgIpc) is 2.59. The number of methoxy groups -OCH3 is 1. The molecular weight excluding hydrogens is 296 g/mol. The van der Waals surface area contributed by atoms with E-state index in [2.05, 4.69) is 4.74 Å². The maximum Gasteiger partial charge on any atom is 0.343 e. The van der Waals surface area contributed by atoms with E-state index in [9.17, 15) is 9.59 Å². The molecule has 0 aliphatic rings. The molecule has 0 aliphatic carbocycles. The number of ether oxygens (including phenoxy) is 2. The smallest absolute Gasteiger partial charge is 0.343 e. The Morgan fingerprint density at radius 3 is 2.61 bits per heavy atom. The van der Waals surface area contributed by atoms with E-state index >= 15 is 0 Å². The Balaban J connectivity index is 2.04. The molecule has 0 saturated heterocycles. The molecular formula is C18H14O5. The van der Waals surface area contributed by atoms with Gasteiger partial charge < -0.3 is 13.9 Å². The molecule has 0 bridgehead atoms. The highest BCUT2D eigenvalue weighted by Gasteiger charge is 2.09. The molecule has 3 aromatic rings. The van der Waals surface area contributed by atoms with Crippen molar-refractivity contribution in [3.63, 3.8) is 0 Å². The largest absolute Gasteiger partial charge is 0.482 e. The molecule has 2 aromatic carbocycles. The van der Waals surface area contributed by atoms with Crippen LogP contribution in [0.1, 0.15) is 0 Å². The van der Waals surface area contributed by atoms with Gasteiger partial charge in [0, 0.05) is 17.5 Å². The van der Waals surface area contributed by atoms with E-state index in [4.69, 9.17) is 9.15 Å². The predicted molar refractivity (Wildman–Crippen MR) is 85.4 cm³/mol. The molecule has 0 spiro atoms. The number of benzene rings is 2. The van der Waals surface area contributed by atoms with Gasteiger partial charge in [0.2, 0.25) is 0 Å². The van der Waals surface area contributed by atoms with Gasteiger partial charge in [-0.05, 0) is 23.3 Å². The van der Waals surface area contributed by atoms with Crippen LogP contribution < -0.4 is 10.4 Å². The van der Waals surface area contributed by atoms with Gasteiger partial charge in [-0.2, -0.15) is 0 Å². The van der Waals surface area contributed by atoms with Crippen molar-refractivity contribution in [1.82, 2.24) is 0 Å². The molecule has 0 aliphatic heterocycles. The van der Waals surface area contributed by atoms with Gasteiger partial charge in [-0.3, -0.25) is 0 Å². The Hall–Kier alpha value is -3.08. The van der Waals surface area contributed by atoms with Crippen LogP contribution in [-0.4, -0.2) is 19.7 Å². The Kier molecular flexibility index (Phi) is 4.10. The molecule has 5 heteroatoms. The van der Waals surface area contributed by atoms with Gasteiger partial charge in [-0.25, -0.2) is 9.59 Å². The van der Waals surface area contributed by atoms with Crippen molar-refractivity contribution < 1.29 is 18.7 Å². The van der Waals surface area contributed by atoms with E-state index in [0.29, 0.717) is 11.3 Å². The highest BCUT2D eigenvalue weighted by molar-refractivity contribution is 5.93. The molecule has 0 N–H and O–H groups in total. The van der Waals surface area contributed by atoms with Crippen LogP contribution in [0.25, 0.3) is 22.1 Å². The van der Waals surface area contributed by atoms with Crippen LogP contribution in [0.2, 0.25) is 0 Å². The van der Waals surface area contributed by atoms with Gasteiger partial charge in [0.1, 0.15) is 11.3 Å². The SMILES string of the molecule is COC(=O)COc1ccc2c(-c3ccccc3)cc(=O)oc2c1. The molecule has 1 aromatic heterocycles. The lowest BCUT2D eigenvalue weighted by molar-refractivity contribution is -0.142. The zero-order valence-electron chi connectivity index (χ0n) is 12.4. The van der Waals surface area contributed by atoms with Gasteiger partial charge in [-0.1, -0.05) is 30.3 Å². The maximum absolute atomic E-state index is 11.8. The number of carbonyl (C=O) groups is 1. The molecule has 0 saturated carbocycles. The van der Waals surface area contributed by atoms with E-state index in [0.717, 1.165) is 16.5 Å². The lowest BCUT2D eigenvalue weighted by Gasteiger charge is -2.08. The third-order valence-corrected chi connectivity index (χ3v) is 3.39. The first kappa shape index (κ1) is 14.8. The standard InChI is InChI=1S/C18H14O5/c1-21-18(20)11-22-13-7-8-14-15(12-5-3-2-4-6-12)10-17(19)23-16(14)9-13/h2-10H,11H2,1H3. The maximum atomic E-state index is 11.8. The van der Waals surface area contributed by atoms with Crippen molar-refractivity contribution in [2.75, 3.05) is 13.7 Å². The van der Waals surface area contributed by atoms with E-state index < -0.39 is 11.6 Å². The van der Waals surface area contributed by atoms with Crippen molar-refractivity contribution in [3.05, 3.63) is 65.0 Å². The predicted octanol–water partition coefficient (Wildman–Crippen LogP) is 3.01. The average molecular weight is 310 g/mol. The second-order valence-corrected chi connectivity index (χ2v) is 4.87. The molecule has 0 fully saturated rings. The topological polar surface area (TPSA) is 65.7 Å². The Bertz CT molecular complexity index is 896. The summed E-state index contributed by atoms with van der Waals surface area (Å²) in [6, 6.07) is 16.2. The monoisotopic (exact) mass is 310 g/mol. The lowest BCUT2D eigenvalue weighted by atomic mass is 10.0. The van der Waals surface area contributed by atoms with Crippen LogP contribution in [0, 0.1) is 0 Å². The van der Waals surface area contributed by atoms with Crippen LogP contribution in [0.3, 0.4) is 0 Å². The first-order valence-electron chi connectivity index (χ1n) is 7.00. The van der Waals surface area contributed by atoms with Gasteiger partial charge in [0.25, 0.3) is 0 Å². The third-order valence-electron chi connectivity index (χ3n) is 3.39. The molecule has 0 atom stereocenters. The molecule has 0 unspecified atom stereocenters. The summed E-state index contributed by atoms with van der Waals surface area (Å²) in [5, 5.41) is 0.793.